The topological polar surface area (TPSA) is 103 Å². The molecule has 0 aromatic carbocycles. The number of rotatable bonds is 3. The highest BCUT2D eigenvalue weighted by atomic mass is 16.5. The van der Waals surface area contributed by atoms with Crippen molar-refractivity contribution in [3.05, 3.63) is 24.0 Å². The minimum Gasteiger partial charge on any atom is -0.480 e. The smallest absolute Gasteiger partial charge is 0.326 e. The first-order valence-corrected chi connectivity index (χ1v) is 4.50. The van der Waals surface area contributed by atoms with Crippen LogP contribution < -0.4 is 10.5 Å². The number of ether oxygens (including phenoxy) is 1. The van der Waals surface area contributed by atoms with E-state index in [1.165, 1.54) is 17.8 Å². The Morgan fingerprint density at radius 1 is 1.62 bits per heavy atom. The van der Waals surface area contributed by atoms with Gasteiger partial charge >= 0.3 is 5.97 Å². The Morgan fingerprint density at radius 3 is 3.00 bits per heavy atom. The Kier molecular flexibility index (Phi) is 2.45. The van der Waals surface area contributed by atoms with Gasteiger partial charge in [-0.1, -0.05) is 0 Å². The van der Waals surface area contributed by atoms with Crippen molar-refractivity contribution in [3.8, 4) is 5.88 Å². The summed E-state index contributed by atoms with van der Waals surface area (Å²) in [4.78, 5) is 14.8. The van der Waals surface area contributed by atoms with E-state index < -0.39 is 12.0 Å². The highest BCUT2D eigenvalue weighted by Gasteiger charge is 2.19. The van der Waals surface area contributed by atoms with E-state index in [4.69, 9.17) is 15.6 Å². The summed E-state index contributed by atoms with van der Waals surface area (Å²) < 4.78 is 6.30. The van der Waals surface area contributed by atoms with Crippen molar-refractivity contribution in [2.45, 2.75) is 6.04 Å². The summed E-state index contributed by atoms with van der Waals surface area (Å²) in [5, 5.41) is 12.9. The van der Waals surface area contributed by atoms with Crippen molar-refractivity contribution < 1.29 is 14.6 Å². The van der Waals surface area contributed by atoms with Gasteiger partial charge in [0.1, 0.15) is 6.04 Å². The van der Waals surface area contributed by atoms with Crippen molar-refractivity contribution in [1.29, 1.82) is 0 Å². The van der Waals surface area contributed by atoms with Crippen LogP contribution in [0.3, 0.4) is 0 Å². The van der Waals surface area contributed by atoms with Crippen LogP contribution in [0.2, 0.25) is 0 Å². The van der Waals surface area contributed by atoms with E-state index in [1.807, 2.05) is 0 Å². The zero-order chi connectivity index (χ0) is 11.7. The summed E-state index contributed by atoms with van der Waals surface area (Å²) in [6, 6.07) is 2.15. The van der Waals surface area contributed by atoms with Gasteiger partial charge in [0.05, 0.1) is 19.0 Å². The van der Waals surface area contributed by atoms with Crippen LogP contribution >= 0.6 is 0 Å². The fraction of sp³-hybridized carbons (Fsp3) is 0.222. The lowest BCUT2D eigenvalue weighted by Crippen LogP contribution is -2.22. The average Bonchev–Trinajstić information content (AvgIpc) is 2.70. The fourth-order valence-corrected chi connectivity index (χ4v) is 1.32. The Hall–Kier alpha value is -2.15. The van der Waals surface area contributed by atoms with Crippen LogP contribution in [0.5, 0.6) is 5.88 Å². The number of methoxy groups -OCH3 is 1. The van der Waals surface area contributed by atoms with Gasteiger partial charge in [-0.05, 0) is 6.07 Å². The highest BCUT2D eigenvalue weighted by Crippen LogP contribution is 2.14. The SMILES string of the molecule is COc1ccc2ncc(C(N)C(=O)O)n2n1. The number of carboxylic acid groups (broad SMARTS) is 1. The van der Waals surface area contributed by atoms with Crippen LogP contribution in [0.4, 0.5) is 0 Å². The molecule has 7 nitrogen and oxygen atoms in total. The number of aliphatic carboxylic acids is 1. The van der Waals surface area contributed by atoms with Gasteiger partial charge in [-0.2, -0.15) is 0 Å². The third-order valence-electron chi connectivity index (χ3n) is 2.16. The molecule has 0 bridgehead atoms. The number of nitrogens with two attached hydrogens (primary N) is 1. The molecule has 0 amide bonds. The lowest BCUT2D eigenvalue weighted by Gasteiger charge is -2.05. The minimum absolute atomic E-state index is 0.307. The van der Waals surface area contributed by atoms with Gasteiger partial charge in [0.25, 0.3) is 0 Å². The van der Waals surface area contributed by atoms with E-state index in [0.717, 1.165) is 0 Å². The van der Waals surface area contributed by atoms with Crippen LogP contribution in [0, 0.1) is 0 Å². The van der Waals surface area contributed by atoms with Gasteiger partial charge in [0, 0.05) is 6.07 Å². The second-order valence-electron chi connectivity index (χ2n) is 3.14. The highest BCUT2D eigenvalue weighted by molar-refractivity contribution is 5.74. The van der Waals surface area contributed by atoms with Crippen LogP contribution in [0.1, 0.15) is 11.7 Å². The Labute approximate surface area is 90.5 Å². The normalized spacial score (nSPS) is 12.6. The van der Waals surface area contributed by atoms with E-state index in [9.17, 15) is 4.79 Å². The first-order chi connectivity index (χ1) is 7.63. The Balaban J connectivity index is 2.57. The van der Waals surface area contributed by atoms with Gasteiger partial charge in [0.15, 0.2) is 5.65 Å². The predicted molar refractivity (Wildman–Crippen MR) is 54.1 cm³/mol. The molecule has 2 aromatic heterocycles. The van der Waals surface area contributed by atoms with Crippen molar-refractivity contribution in [2.75, 3.05) is 7.11 Å². The molecule has 2 aromatic rings. The largest absolute Gasteiger partial charge is 0.480 e. The molecule has 0 aliphatic rings. The lowest BCUT2D eigenvalue weighted by atomic mass is 10.2. The quantitative estimate of drug-likeness (QED) is 0.746. The van der Waals surface area contributed by atoms with Gasteiger partial charge in [0.2, 0.25) is 5.88 Å². The second kappa shape index (κ2) is 3.78. The maximum atomic E-state index is 10.8. The zero-order valence-corrected chi connectivity index (χ0v) is 8.49. The summed E-state index contributed by atoms with van der Waals surface area (Å²) in [5.41, 5.74) is 6.33. The van der Waals surface area contributed by atoms with Gasteiger partial charge in [-0.15, -0.1) is 5.10 Å². The molecule has 0 saturated heterocycles. The van der Waals surface area contributed by atoms with Crippen LogP contribution in [0.15, 0.2) is 18.3 Å². The number of hydrogen-bond donors (Lipinski definition) is 2. The first kappa shape index (κ1) is 10.4. The maximum Gasteiger partial charge on any atom is 0.326 e. The molecular formula is C9H10N4O3. The Morgan fingerprint density at radius 2 is 2.38 bits per heavy atom. The molecule has 0 fully saturated rings. The minimum atomic E-state index is -1.16. The van der Waals surface area contributed by atoms with E-state index in [0.29, 0.717) is 17.2 Å². The molecule has 0 spiro atoms. The average molecular weight is 222 g/mol. The van der Waals surface area contributed by atoms with Crippen molar-refractivity contribution in [3.63, 3.8) is 0 Å². The molecule has 3 N–H and O–H groups in total. The van der Waals surface area contributed by atoms with Gasteiger partial charge < -0.3 is 15.6 Å². The van der Waals surface area contributed by atoms with Crippen molar-refractivity contribution >= 4 is 11.6 Å². The molecule has 0 saturated carbocycles. The van der Waals surface area contributed by atoms with Gasteiger partial charge in [-0.3, -0.25) is 4.79 Å². The maximum absolute atomic E-state index is 10.8. The van der Waals surface area contributed by atoms with Crippen LogP contribution in [-0.4, -0.2) is 32.8 Å². The molecule has 2 rings (SSSR count). The molecule has 84 valence electrons. The Bertz CT molecular complexity index is 537. The molecule has 1 unspecified atom stereocenters. The van der Waals surface area contributed by atoms with E-state index in [2.05, 4.69) is 10.1 Å². The van der Waals surface area contributed by atoms with Crippen molar-refractivity contribution in [2.24, 2.45) is 5.73 Å². The third kappa shape index (κ3) is 1.57. The molecule has 0 aliphatic carbocycles. The predicted octanol–water partition coefficient (Wildman–Crippen LogP) is -0.178. The first-order valence-electron chi connectivity index (χ1n) is 4.50. The summed E-state index contributed by atoms with van der Waals surface area (Å²) in [5.74, 6) is -0.768. The lowest BCUT2D eigenvalue weighted by molar-refractivity contribution is -0.138. The van der Waals surface area contributed by atoms with Crippen LogP contribution in [0.25, 0.3) is 5.65 Å². The molecule has 7 heteroatoms. The molecule has 2 heterocycles. The van der Waals surface area contributed by atoms with Crippen LogP contribution in [-0.2, 0) is 4.79 Å². The summed E-state index contributed by atoms with van der Waals surface area (Å²) >= 11 is 0. The van der Waals surface area contributed by atoms with E-state index >= 15 is 0 Å². The van der Waals surface area contributed by atoms with E-state index in [1.54, 1.807) is 12.1 Å². The number of aromatic nitrogens is 3. The molecular weight excluding hydrogens is 212 g/mol. The molecule has 1 atom stereocenters. The zero-order valence-electron chi connectivity index (χ0n) is 8.49. The standard InChI is InChI=1S/C9H10N4O3/c1-16-7-3-2-6-11-4-5(13(6)12-7)8(10)9(14)15/h2-4,8H,10H2,1H3,(H,14,15). The molecule has 0 aliphatic heterocycles. The summed E-state index contributed by atoms with van der Waals surface area (Å²) in [7, 11) is 1.47. The molecule has 0 radical (unpaired) electrons. The summed E-state index contributed by atoms with van der Waals surface area (Å²) in [6.45, 7) is 0. The van der Waals surface area contributed by atoms with E-state index in [-0.39, 0.29) is 0 Å². The number of carbonyl (C=O) groups is 1. The number of hydrogen-bond acceptors (Lipinski definition) is 5. The number of fused-ring (bicyclic) bond motifs is 1. The van der Waals surface area contributed by atoms with Crippen molar-refractivity contribution in [1.82, 2.24) is 14.6 Å². The van der Waals surface area contributed by atoms with Gasteiger partial charge in [-0.25, -0.2) is 9.50 Å². The molecule has 16 heavy (non-hydrogen) atoms. The monoisotopic (exact) mass is 222 g/mol. The fourth-order valence-electron chi connectivity index (χ4n) is 1.32. The summed E-state index contributed by atoms with van der Waals surface area (Å²) in [6.07, 6.45) is 1.39. The second-order valence-corrected chi connectivity index (χ2v) is 3.14. The third-order valence-corrected chi connectivity index (χ3v) is 2.16. The number of nitrogens with zero attached hydrogens (tertiary/aromatic N) is 3. The number of carboxylic acids is 1. The number of imidazole rings is 1.